The molecular formula is C15H15BrFNO. The van der Waals surface area contributed by atoms with Gasteiger partial charge in [0.1, 0.15) is 18.2 Å². The van der Waals surface area contributed by atoms with Crippen LogP contribution in [0.4, 0.5) is 4.39 Å². The molecule has 1 heterocycles. The molecule has 0 spiro atoms. The van der Waals surface area contributed by atoms with Crippen LogP contribution < -0.4 is 4.74 Å². The van der Waals surface area contributed by atoms with E-state index in [1.165, 1.54) is 0 Å². The van der Waals surface area contributed by atoms with Crippen molar-refractivity contribution in [2.45, 2.75) is 26.4 Å². The number of rotatable bonds is 4. The summed E-state index contributed by atoms with van der Waals surface area (Å²) in [6.45, 7) is 4.23. The lowest BCUT2D eigenvalue weighted by molar-refractivity contribution is 0.297. The Balaban J connectivity index is 2.16. The summed E-state index contributed by atoms with van der Waals surface area (Å²) in [4.78, 5) is 4.16. The minimum Gasteiger partial charge on any atom is -0.486 e. The number of ether oxygens (including phenoxy) is 1. The van der Waals surface area contributed by atoms with Crippen molar-refractivity contribution in [1.82, 2.24) is 4.98 Å². The fourth-order valence-electron chi connectivity index (χ4n) is 1.74. The highest BCUT2D eigenvalue weighted by molar-refractivity contribution is 9.10. The first-order valence-electron chi connectivity index (χ1n) is 6.10. The fourth-order valence-corrected chi connectivity index (χ4v) is 2.21. The number of nitrogens with zero attached hydrogens (tertiary/aromatic N) is 1. The summed E-state index contributed by atoms with van der Waals surface area (Å²) < 4.78 is 20.1. The number of aromatic nitrogens is 1. The van der Waals surface area contributed by atoms with E-state index in [2.05, 4.69) is 20.9 Å². The van der Waals surface area contributed by atoms with Gasteiger partial charge in [-0.15, -0.1) is 0 Å². The SMILES string of the molecule is CC(C)c1ccc(OCc2ccccn2)c(Br)c1F. The highest BCUT2D eigenvalue weighted by Gasteiger charge is 2.14. The van der Waals surface area contributed by atoms with E-state index < -0.39 is 0 Å². The molecule has 0 bridgehead atoms. The van der Waals surface area contributed by atoms with Crippen LogP contribution in [-0.4, -0.2) is 4.98 Å². The van der Waals surface area contributed by atoms with E-state index in [4.69, 9.17) is 4.74 Å². The van der Waals surface area contributed by atoms with Gasteiger partial charge in [0.05, 0.1) is 10.2 Å². The van der Waals surface area contributed by atoms with Crippen LogP contribution in [0.2, 0.25) is 0 Å². The topological polar surface area (TPSA) is 22.1 Å². The molecular weight excluding hydrogens is 309 g/mol. The summed E-state index contributed by atoms with van der Waals surface area (Å²) in [7, 11) is 0. The average molecular weight is 324 g/mol. The lowest BCUT2D eigenvalue weighted by atomic mass is 10.0. The quantitative estimate of drug-likeness (QED) is 0.814. The molecule has 0 atom stereocenters. The monoisotopic (exact) mass is 323 g/mol. The van der Waals surface area contributed by atoms with Crippen molar-refractivity contribution in [1.29, 1.82) is 0 Å². The third-order valence-corrected chi connectivity index (χ3v) is 3.54. The van der Waals surface area contributed by atoms with Gasteiger partial charge in [0.2, 0.25) is 0 Å². The Kier molecular flexibility index (Phi) is 4.53. The molecule has 0 N–H and O–H groups in total. The minimum atomic E-state index is -0.256. The number of hydrogen-bond donors (Lipinski definition) is 0. The molecule has 2 rings (SSSR count). The number of halogens is 2. The van der Waals surface area contributed by atoms with Crippen LogP contribution in [0.3, 0.4) is 0 Å². The third-order valence-electron chi connectivity index (χ3n) is 2.80. The molecule has 4 heteroatoms. The average Bonchev–Trinajstić information content (AvgIpc) is 2.41. The Hall–Kier alpha value is -1.42. The second-order valence-electron chi connectivity index (χ2n) is 4.55. The molecule has 2 nitrogen and oxygen atoms in total. The van der Waals surface area contributed by atoms with Crippen molar-refractivity contribution in [2.24, 2.45) is 0 Å². The molecule has 19 heavy (non-hydrogen) atoms. The van der Waals surface area contributed by atoms with Crippen LogP contribution in [0.15, 0.2) is 41.0 Å². The van der Waals surface area contributed by atoms with Gasteiger partial charge in [-0.2, -0.15) is 0 Å². The lowest BCUT2D eigenvalue weighted by Gasteiger charge is -2.13. The van der Waals surface area contributed by atoms with Gasteiger partial charge < -0.3 is 4.74 Å². The van der Waals surface area contributed by atoms with E-state index in [-0.39, 0.29) is 11.7 Å². The first-order valence-corrected chi connectivity index (χ1v) is 6.89. The normalized spacial score (nSPS) is 10.8. The molecule has 0 aliphatic carbocycles. The van der Waals surface area contributed by atoms with Crippen LogP contribution in [0.5, 0.6) is 5.75 Å². The molecule has 1 aromatic heterocycles. The summed E-state index contributed by atoms with van der Waals surface area (Å²) in [5, 5.41) is 0. The Bertz CT molecular complexity index is 558. The van der Waals surface area contributed by atoms with Crippen LogP contribution in [0.25, 0.3) is 0 Å². The van der Waals surface area contributed by atoms with E-state index in [1.54, 1.807) is 18.3 Å². The van der Waals surface area contributed by atoms with Crippen molar-refractivity contribution >= 4 is 15.9 Å². The highest BCUT2D eigenvalue weighted by Crippen LogP contribution is 2.33. The summed E-state index contributed by atoms with van der Waals surface area (Å²) in [5.41, 5.74) is 1.49. The van der Waals surface area contributed by atoms with Gasteiger partial charge >= 0.3 is 0 Å². The zero-order valence-corrected chi connectivity index (χ0v) is 12.4. The maximum Gasteiger partial charge on any atom is 0.144 e. The lowest BCUT2D eigenvalue weighted by Crippen LogP contribution is -2.01. The molecule has 0 amide bonds. The maximum absolute atomic E-state index is 14.1. The molecule has 0 fully saturated rings. The van der Waals surface area contributed by atoms with Gasteiger partial charge in [-0.05, 0) is 45.6 Å². The van der Waals surface area contributed by atoms with E-state index in [9.17, 15) is 4.39 Å². The summed E-state index contributed by atoms with van der Waals surface area (Å²) in [5.74, 6) is 0.377. The molecule has 0 aliphatic rings. The van der Waals surface area contributed by atoms with Crippen LogP contribution in [0.1, 0.15) is 31.0 Å². The fraction of sp³-hybridized carbons (Fsp3) is 0.267. The van der Waals surface area contributed by atoms with Crippen LogP contribution in [0, 0.1) is 5.82 Å². The van der Waals surface area contributed by atoms with Gasteiger partial charge in [0.25, 0.3) is 0 Å². The molecule has 0 unspecified atom stereocenters. The van der Waals surface area contributed by atoms with E-state index >= 15 is 0 Å². The van der Waals surface area contributed by atoms with Crippen molar-refractivity contribution in [2.75, 3.05) is 0 Å². The summed E-state index contributed by atoms with van der Waals surface area (Å²) in [6, 6.07) is 9.15. The van der Waals surface area contributed by atoms with Crippen molar-refractivity contribution < 1.29 is 9.13 Å². The van der Waals surface area contributed by atoms with Gasteiger partial charge in [-0.25, -0.2) is 4.39 Å². The van der Waals surface area contributed by atoms with Crippen molar-refractivity contribution in [3.05, 3.63) is 58.1 Å². The second kappa shape index (κ2) is 6.15. The van der Waals surface area contributed by atoms with Crippen molar-refractivity contribution in [3.63, 3.8) is 0 Å². The van der Waals surface area contributed by atoms with E-state index in [0.29, 0.717) is 22.4 Å². The summed E-state index contributed by atoms with van der Waals surface area (Å²) in [6.07, 6.45) is 1.70. The number of pyridine rings is 1. The minimum absolute atomic E-state index is 0.140. The Morgan fingerprint density at radius 2 is 2.05 bits per heavy atom. The largest absolute Gasteiger partial charge is 0.486 e. The Morgan fingerprint density at radius 3 is 2.68 bits per heavy atom. The first kappa shape index (κ1) is 14.0. The Labute approximate surface area is 120 Å². The van der Waals surface area contributed by atoms with Gasteiger partial charge in [-0.3, -0.25) is 4.98 Å². The standard InChI is InChI=1S/C15H15BrFNO/c1-10(2)12-6-7-13(14(16)15(12)17)19-9-11-5-3-4-8-18-11/h3-8,10H,9H2,1-2H3. The Morgan fingerprint density at radius 1 is 1.26 bits per heavy atom. The molecule has 0 aliphatic heterocycles. The van der Waals surface area contributed by atoms with Gasteiger partial charge in [0.15, 0.2) is 0 Å². The number of benzene rings is 1. The molecule has 0 radical (unpaired) electrons. The second-order valence-corrected chi connectivity index (χ2v) is 5.34. The maximum atomic E-state index is 14.1. The zero-order valence-electron chi connectivity index (χ0n) is 10.9. The van der Waals surface area contributed by atoms with E-state index in [0.717, 1.165) is 5.69 Å². The predicted molar refractivity (Wildman–Crippen MR) is 76.8 cm³/mol. The predicted octanol–water partition coefficient (Wildman–Crippen LogP) is 4.69. The summed E-state index contributed by atoms with van der Waals surface area (Å²) >= 11 is 3.25. The zero-order chi connectivity index (χ0) is 13.8. The molecule has 2 aromatic rings. The molecule has 0 saturated heterocycles. The van der Waals surface area contributed by atoms with E-state index in [1.807, 2.05) is 32.0 Å². The molecule has 100 valence electrons. The molecule has 1 aromatic carbocycles. The smallest absolute Gasteiger partial charge is 0.144 e. The molecule has 0 saturated carbocycles. The van der Waals surface area contributed by atoms with Gasteiger partial charge in [-0.1, -0.05) is 26.0 Å². The van der Waals surface area contributed by atoms with Crippen LogP contribution in [-0.2, 0) is 6.61 Å². The number of hydrogen-bond acceptors (Lipinski definition) is 2. The third kappa shape index (κ3) is 3.32. The van der Waals surface area contributed by atoms with Gasteiger partial charge in [0, 0.05) is 6.20 Å². The van der Waals surface area contributed by atoms with Crippen LogP contribution >= 0.6 is 15.9 Å². The highest BCUT2D eigenvalue weighted by atomic mass is 79.9. The van der Waals surface area contributed by atoms with Crippen molar-refractivity contribution in [3.8, 4) is 5.75 Å². The first-order chi connectivity index (χ1) is 9.09.